The monoisotopic (exact) mass is 209 g/mol. The SMILES string of the molecule is CC(C)(C#N)C1CCC2(CC1)OCCO2. The summed E-state index contributed by atoms with van der Waals surface area (Å²) in [5.41, 5.74) is -0.208. The summed E-state index contributed by atoms with van der Waals surface area (Å²) in [6, 6.07) is 2.41. The zero-order valence-corrected chi connectivity index (χ0v) is 9.58. The highest BCUT2D eigenvalue weighted by Crippen LogP contribution is 2.44. The maximum atomic E-state index is 9.09. The molecule has 2 rings (SSSR count). The quantitative estimate of drug-likeness (QED) is 0.666. The van der Waals surface area contributed by atoms with Crippen molar-refractivity contribution in [2.75, 3.05) is 13.2 Å². The molecule has 2 fully saturated rings. The summed E-state index contributed by atoms with van der Waals surface area (Å²) in [4.78, 5) is 0. The van der Waals surface area contributed by atoms with Crippen LogP contribution in [0.25, 0.3) is 0 Å². The Hall–Kier alpha value is -0.590. The first-order chi connectivity index (χ1) is 7.08. The van der Waals surface area contributed by atoms with E-state index in [1.807, 2.05) is 13.8 Å². The molecule has 0 bridgehead atoms. The van der Waals surface area contributed by atoms with E-state index in [4.69, 9.17) is 14.7 Å². The minimum atomic E-state index is -0.290. The molecule has 1 saturated carbocycles. The lowest BCUT2D eigenvalue weighted by Gasteiger charge is -2.39. The van der Waals surface area contributed by atoms with E-state index in [1.54, 1.807) is 0 Å². The molecule has 0 amide bonds. The lowest BCUT2D eigenvalue weighted by molar-refractivity contribution is -0.185. The molecule has 1 heterocycles. The average molecular weight is 209 g/mol. The van der Waals surface area contributed by atoms with Crippen LogP contribution in [0.15, 0.2) is 0 Å². The van der Waals surface area contributed by atoms with Crippen LogP contribution < -0.4 is 0 Å². The van der Waals surface area contributed by atoms with E-state index in [-0.39, 0.29) is 11.2 Å². The van der Waals surface area contributed by atoms with Gasteiger partial charge in [-0.3, -0.25) is 0 Å². The lowest BCUT2D eigenvalue weighted by Crippen LogP contribution is -2.38. The normalized spacial score (nSPS) is 26.7. The Balaban J connectivity index is 1.95. The smallest absolute Gasteiger partial charge is 0.168 e. The number of rotatable bonds is 1. The average Bonchev–Trinajstić information content (AvgIpc) is 2.67. The number of ether oxygens (including phenoxy) is 2. The fourth-order valence-electron chi connectivity index (χ4n) is 2.66. The van der Waals surface area contributed by atoms with Gasteiger partial charge in [-0.05, 0) is 32.6 Å². The standard InChI is InChI=1S/C12H19NO2/c1-11(2,9-13)10-3-5-12(6-4-10)14-7-8-15-12/h10H,3-8H2,1-2H3. The van der Waals surface area contributed by atoms with Gasteiger partial charge >= 0.3 is 0 Å². The van der Waals surface area contributed by atoms with Crippen molar-refractivity contribution < 1.29 is 9.47 Å². The van der Waals surface area contributed by atoms with Gasteiger partial charge in [0.25, 0.3) is 0 Å². The topological polar surface area (TPSA) is 42.2 Å². The first kappa shape index (κ1) is 10.9. The van der Waals surface area contributed by atoms with Crippen molar-refractivity contribution >= 4 is 0 Å². The Bertz CT molecular complexity index is 264. The molecule has 0 atom stereocenters. The van der Waals surface area contributed by atoms with Gasteiger partial charge in [-0.15, -0.1) is 0 Å². The predicted molar refractivity (Wildman–Crippen MR) is 56.0 cm³/mol. The first-order valence-corrected chi connectivity index (χ1v) is 5.77. The molecule has 2 aliphatic rings. The number of hydrogen-bond acceptors (Lipinski definition) is 3. The van der Waals surface area contributed by atoms with Gasteiger partial charge in [-0.25, -0.2) is 0 Å². The lowest BCUT2D eigenvalue weighted by atomic mass is 9.70. The maximum absolute atomic E-state index is 9.09. The van der Waals surface area contributed by atoms with Crippen LogP contribution in [0.4, 0.5) is 0 Å². The summed E-state index contributed by atoms with van der Waals surface area (Å²) in [5, 5.41) is 9.09. The third-order valence-corrected chi connectivity index (χ3v) is 3.87. The summed E-state index contributed by atoms with van der Waals surface area (Å²) in [6.07, 6.45) is 3.98. The fourth-order valence-corrected chi connectivity index (χ4v) is 2.66. The third kappa shape index (κ3) is 2.02. The molecular formula is C12H19NO2. The molecule has 1 aliphatic carbocycles. The molecule has 15 heavy (non-hydrogen) atoms. The highest BCUT2D eigenvalue weighted by Gasteiger charge is 2.43. The van der Waals surface area contributed by atoms with Gasteiger partial charge in [0.2, 0.25) is 0 Å². The van der Waals surface area contributed by atoms with Gasteiger partial charge in [0.15, 0.2) is 5.79 Å². The Morgan fingerprint density at radius 2 is 1.73 bits per heavy atom. The Kier molecular flexibility index (Phi) is 2.74. The summed E-state index contributed by atoms with van der Waals surface area (Å²) < 4.78 is 11.3. The predicted octanol–water partition coefficient (Wildman–Crippen LogP) is 2.47. The largest absolute Gasteiger partial charge is 0.348 e. The van der Waals surface area contributed by atoms with E-state index in [9.17, 15) is 0 Å². The molecule has 0 unspecified atom stereocenters. The van der Waals surface area contributed by atoms with Gasteiger partial charge in [0, 0.05) is 12.8 Å². The van der Waals surface area contributed by atoms with Crippen LogP contribution in [-0.4, -0.2) is 19.0 Å². The van der Waals surface area contributed by atoms with Crippen molar-refractivity contribution in [2.45, 2.75) is 45.3 Å². The van der Waals surface area contributed by atoms with Crippen LogP contribution in [0.2, 0.25) is 0 Å². The van der Waals surface area contributed by atoms with Crippen LogP contribution in [-0.2, 0) is 9.47 Å². The number of hydrogen-bond donors (Lipinski definition) is 0. The van der Waals surface area contributed by atoms with Gasteiger partial charge in [0.05, 0.1) is 24.7 Å². The van der Waals surface area contributed by atoms with E-state index in [2.05, 4.69) is 6.07 Å². The van der Waals surface area contributed by atoms with Crippen LogP contribution >= 0.6 is 0 Å². The molecule has 3 heteroatoms. The van der Waals surface area contributed by atoms with Crippen LogP contribution in [0.1, 0.15) is 39.5 Å². The van der Waals surface area contributed by atoms with Crippen LogP contribution in [0, 0.1) is 22.7 Å². The van der Waals surface area contributed by atoms with Crippen LogP contribution in [0.5, 0.6) is 0 Å². The molecule has 0 radical (unpaired) electrons. The zero-order valence-electron chi connectivity index (χ0n) is 9.58. The fraction of sp³-hybridized carbons (Fsp3) is 0.917. The maximum Gasteiger partial charge on any atom is 0.168 e. The highest BCUT2D eigenvalue weighted by molar-refractivity contribution is 4.99. The molecule has 84 valence electrons. The summed E-state index contributed by atoms with van der Waals surface area (Å²) in [7, 11) is 0. The molecule has 1 saturated heterocycles. The Labute approximate surface area is 91.4 Å². The number of nitriles is 1. The summed E-state index contributed by atoms with van der Waals surface area (Å²) in [5.74, 6) is 0.197. The Morgan fingerprint density at radius 1 is 1.20 bits per heavy atom. The van der Waals surface area contributed by atoms with E-state index in [0.29, 0.717) is 5.92 Å². The molecule has 1 spiro atoms. The third-order valence-electron chi connectivity index (χ3n) is 3.87. The second kappa shape index (κ2) is 3.77. The van der Waals surface area contributed by atoms with Gasteiger partial charge in [-0.2, -0.15) is 5.26 Å². The molecule has 0 N–H and O–H groups in total. The minimum absolute atomic E-state index is 0.208. The second-order valence-corrected chi connectivity index (χ2v) is 5.22. The van der Waals surface area contributed by atoms with E-state index < -0.39 is 0 Å². The van der Waals surface area contributed by atoms with Gasteiger partial charge in [0.1, 0.15) is 0 Å². The highest BCUT2D eigenvalue weighted by atomic mass is 16.7. The van der Waals surface area contributed by atoms with Crippen molar-refractivity contribution in [3.8, 4) is 6.07 Å². The Morgan fingerprint density at radius 3 is 2.20 bits per heavy atom. The van der Waals surface area contributed by atoms with Crippen LogP contribution in [0.3, 0.4) is 0 Å². The molecule has 0 aromatic heterocycles. The molecular weight excluding hydrogens is 190 g/mol. The van der Waals surface area contributed by atoms with Crippen molar-refractivity contribution in [3.63, 3.8) is 0 Å². The van der Waals surface area contributed by atoms with Crippen molar-refractivity contribution in [3.05, 3.63) is 0 Å². The van der Waals surface area contributed by atoms with E-state index in [1.165, 1.54) is 0 Å². The molecule has 0 aromatic carbocycles. The number of nitrogens with zero attached hydrogens (tertiary/aromatic N) is 1. The van der Waals surface area contributed by atoms with Crippen molar-refractivity contribution in [1.29, 1.82) is 5.26 Å². The van der Waals surface area contributed by atoms with Gasteiger partial charge in [-0.1, -0.05) is 0 Å². The van der Waals surface area contributed by atoms with E-state index >= 15 is 0 Å². The molecule has 0 aromatic rings. The molecule has 3 nitrogen and oxygen atoms in total. The second-order valence-electron chi connectivity index (χ2n) is 5.22. The van der Waals surface area contributed by atoms with Gasteiger partial charge < -0.3 is 9.47 Å². The minimum Gasteiger partial charge on any atom is -0.348 e. The van der Waals surface area contributed by atoms with Crippen molar-refractivity contribution in [2.24, 2.45) is 11.3 Å². The summed E-state index contributed by atoms with van der Waals surface area (Å²) >= 11 is 0. The summed E-state index contributed by atoms with van der Waals surface area (Å²) in [6.45, 7) is 5.52. The van der Waals surface area contributed by atoms with Crippen molar-refractivity contribution in [1.82, 2.24) is 0 Å². The zero-order chi connectivity index (χ0) is 10.9. The first-order valence-electron chi connectivity index (χ1n) is 5.77. The van der Waals surface area contributed by atoms with E-state index in [0.717, 1.165) is 38.9 Å². The molecule has 1 aliphatic heterocycles.